The molecular formula is C18H25BrN2O2. The fourth-order valence-corrected chi connectivity index (χ4v) is 3.66. The first-order valence-corrected chi connectivity index (χ1v) is 9.19. The lowest BCUT2D eigenvalue weighted by Crippen LogP contribution is -2.43. The second kappa shape index (κ2) is 9.06. The van der Waals surface area contributed by atoms with Crippen molar-refractivity contribution in [2.75, 3.05) is 13.1 Å². The van der Waals surface area contributed by atoms with Crippen LogP contribution in [-0.4, -0.2) is 35.8 Å². The average molecular weight is 381 g/mol. The van der Waals surface area contributed by atoms with E-state index in [1.807, 2.05) is 23.1 Å². The van der Waals surface area contributed by atoms with E-state index < -0.39 is 0 Å². The summed E-state index contributed by atoms with van der Waals surface area (Å²) < 4.78 is 0.782. The van der Waals surface area contributed by atoms with Crippen molar-refractivity contribution in [3.63, 3.8) is 0 Å². The molecule has 0 unspecified atom stereocenters. The molecule has 1 fully saturated rings. The van der Waals surface area contributed by atoms with E-state index in [1.165, 1.54) is 25.7 Å². The Hall–Kier alpha value is -1.36. The fourth-order valence-electron chi connectivity index (χ4n) is 3.20. The zero-order chi connectivity index (χ0) is 16.7. The molecule has 126 valence electrons. The molecule has 1 aliphatic rings. The van der Waals surface area contributed by atoms with Gasteiger partial charge < -0.3 is 10.2 Å². The SMILES string of the molecule is CC(=O)N(CCNC(=O)c1ccccc1Br)C1CCCCCC1. The third-order valence-corrected chi connectivity index (χ3v) is 5.12. The van der Waals surface area contributed by atoms with E-state index in [0.717, 1.165) is 17.3 Å². The Morgan fingerprint density at radius 1 is 1.17 bits per heavy atom. The van der Waals surface area contributed by atoms with Crippen LogP contribution in [0.3, 0.4) is 0 Å². The molecule has 1 aliphatic carbocycles. The van der Waals surface area contributed by atoms with Crippen molar-refractivity contribution in [3.8, 4) is 0 Å². The summed E-state index contributed by atoms with van der Waals surface area (Å²) in [6.07, 6.45) is 7.08. The number of hydrogen-bond acceptors (Lipinski definition) is 2. The summed E-state index contributed by atoms with van der Waals surface area (Å²) in [5.41, 5.74) is 0.622. The Bertz CT molecular complexity index is 540. The number of halogens is 1. The van der Waals surface area contributed by atoms with Gasteiger partial charge in [0.05, 0.1) is 5.56 Å². The highest BCUT2D eigenvalue weighted by Crippen LogP contribution is 2.22. The number of nitrogens with one attached hydrogen (secondary N) is 1. The van der Waals surface area contributed by atoms with Crippen LogP contribution in [0.5, 0.6) is 0 Å². The first-order chi connectivity index (χ1) is 11.1. The second-order valence-corrected chi connectivity index (χ2v) is 6.95. The molecule has 0 heterocycles. The van der Waals surface area contributed by atoms with E-state index in [1.54, 1.807) is 13.0 Å². The Balaban J connectivity index is 1.88. The van der Waals surface area contributed by atoms with Gasteiger partial charge in [-0.15, -0.1) is 0 Å². The number of carbonyl (C=O) groups excluding carboxylic acids is 2. The van der Waals surface area contributed by atoms with Crippen LogP contribution < -0.4 is 5.32 Å². The largest absolute Gasteiger partial charge is 0.350 e. The molecule has 2 rings (SSSR count). The van der Waals surface area contributed by atoms with Gasteiger partial charge in [0, 0.05) is 30.5 Å². The molecule has 1 N–H and O–H groups in total. The predicted octanol–water partition coefficient (Wildman–Crippen LogP) is 3.75. The van der Waals surface area contributed by atoms with Crippen LogP contribution in [0.15, 0.2) is 28.7 Å². The minimum Gasteiger partial charge on any atom is -0.350 e. The summed E-state index contributed by atoms with van der Waals surface area (Å²) in [7, 11) is 0. The van der Waals surface area contributed by atoms with Crippen LogP contribution in [-0.2, 0) is 4.79 Å². The van der Waals surface area contributed by atoms with Crippen molar-refractivity contribution in [3.05, 3.63) is 34.3 Å². The molecule has 0 aliphatic heterocycles. The maximum atomic E-state index is 12.2. The number of benzene rings is 1. The zero-order valence-electron chi connectivity index (χ0n) is 13.7. The van der Waals surface area contributed by atoms with Crippen molar-refractivity contribution in [1.82, 2.24) is 10.2 Å². The lowest BCUT2D eigenvalue weighted by atomic mass is 10.1. The molecule has 0 bridgehead atoms. The lowest BCUT2D eigenvalue weighted by Gasteiger charge is -2.30. The van der Waals surface area contributed by atoms with Crippen LogP contribution in [0.1, 0.15) is 55.8 Å². The monoisotopic (exact) mass is 380 g/mol. The van der Waals surface area contributed by atoms with E-state index >= 15 is 0 Å². The summed E-state index contributed by atoms with van der Waals surface area (Å²) in [5.74, 6) is -0.00566. The minimum absolute atomic E-state index is 0.104. The Kier molecular flexibility index (Phi) is 7.09. The lowest BCUT2D eigenvalue weighted by molar-refractivity contribution is -0.131. The molecule has 5 heteroatoms. The van der Waals surface area contributed by atoms with Crippen molar-refractivity contribution >= 4 is 27.7 Å². The quantitative estimate of drug-likeness (QED) is 0.790. The number of carbonyl (C=O) groups is 2. The number of rotatable bonds is 5. The fraction of sp³-hybridized carbons (Fsp3) is 0.556. The van der Waals surface area contributed by atoms with Gasteiger partial charge in [-0.25, -0.2) is 0 Å². The summed E-state index contributed by atoms with van der Waals surface area (Å²) in [4.78, 5) is 26.1. The van der Waals surface area contributed by atoms with Crippen LogP contribution in [0.2, 0.25) is 0 Å². The average Bonchev–Trinajstić information content (AvgIpc) is 2.80. The molecule has 2 amide bonds. The van der Waals surface area contributed by atoms with Gasteiger partial charge in [-0.3, -0.25) is 9.59 Å². The van der Waals surface area contributed by atoms with Gasteiger partial charge in [0.1, 0.15) is 0 Å². The molecule has 0 aromatic heterocycles. The normalized spacial score (nSPS) is 15.7. The number of amides is 2. The minimum atomic E-state index is -0.109. The van der Waals surface area contributed by atoms with Gasteiger partial charge in [0.15, 0.2) is 0 Å². The molecule has 1 aromatic rings. The van der Waals surface area contributed by atoms with Gasteiger partial charge >= 0.3 is 0 Å². The van der Waals surface area contributed by atoms with Crippen LogP contribution >= 0.6 is 15.9 Å². The topological polar surface area (TPSA) is 49.4 Å². The predicted molar refractivity (Wildman–Crippen MR) is 95.4 cm³/mol. The van der Waals surface area contributed by atoms with Crippen LogP contribution in [0, 0.1) is 0 Å². The van der Waals surface area contributed by atoms with Gasteiger partial charge in [-0.1, -0.05) is 37.8 Å². The van der Waals surface area contributed by atoms with E-state index in [0.29, 0.717) is 24.7 Å². The van der Waals surface area contributed by atoms with E-state index in [4.69, 9.17) is 0 Å². The van der Waals surface area contributed by atoms with Crippen LogP contribution in [0.25, 0.3) is 0 Å². The van der Waals surface area contributed by atoms with Crippen molar-refractivity contribution in [1.29, 1.82) is 0 Å². The highest BCUT2D eigenvalue weighted by atomic mass is 79.9. The molecule has 1 aromatic carbocycles. The Labute approximate surface area is 146 Å². The molecule has 0 radical (unpaired) electrons. The third-order valence-electron chi connectivity index (χ3n) is 4.43. The second-order valence-electron chi connectivity index (χ2n) is 6.09. The van der Waals surface area contributed by atoms with E-state index in [-0.39, 0.29) is 11.8 Å². The summed E-state index contributed by atoms with van der Waals surface area (Å²) in [5, 5.41) is 2.92. The molecular weight excluding hydrogens is 356 g/mol. The first-order valence-electron chi connectivity index (χ1n) is 8.39. The van der Waals surface area contributed by atoms with Crippen LogP contribution in [0.4, 0.5) is 0 Å². The van der Waals surface area contributed by atoms with Gasteiger partial charge in [0.25, 0.3) is 5.91 Å². The highest BCUT2D eigenvalue weighted by Gasteiger charge is 2.22. The number of nitrogens with zero attached hydrogens (tertiary/aromatic N) is 1. The molecule has 4 nitrogen and oxygen atoms in total. The van der Waals surface area contributed by atoms with E-state index in [9.17, 15) is 9.59 Å². The standard InChI is InChI=1S/C18H25BrN2O2/c1-14(22)21(15-8-4-2-3-5-9-15)13-12-20-18(23)16-10-6-7-11-17(16)19/h6-7,10-11,15H,2-5,8-9,12-13H2,1H3,(H,20,23). The summed E-state index contributed by atoms with van der Waals surface area (Å²) in [6.45, 7) is 2.69. The van der Waals surface area contributed by atoms with Gasteiger partial charge in [-0.2, -0.15) is 0 Å². The number of hydrogen-bond donors (Lipinski definition) is 1. The third kappa shape index (κ3) is 5.34. The first kappa shape index (κ1) is 18.0. The maximum absolute atomic E-state index is 12.2. The van der Waals surface area contributed by atoms with E-state index in [2.05, 4.69) is 21.2 Å². The zero-order valence-corrected chi connectivity index (χ0v) is 15.3. The van der Waals surface area contributed by atoms with Gasteiger partial charge in [0.2, 0.25) is 5.91 Å². The summed E-state index contributed by atoms with van der Waals surface area (Å²) >= 11 is 3.39. The van der Waals surface area contributed by atoms with Crippen molar-refractivity contribution in [2.45, 2.75) is 51.5 Å². The Morgan fingerprint density at radius 2 is 1.83 bits per heavy atom. The van der Waals surface area contributed by atoms with Gasteiger partial charge in [-0.05, 0) is 40.9 Å². The molecule has 0 spiro atoms. The maximum Gasteiger partial charge on any atom is 0.252 e. The Morgan fingerprint density at radius 3 is 2.43 bits per heavy atom. The van der Waals surface area contributed by atoms with Crippen molar-refractivity contribution in [2.24, 2.45) is 0 Å². The van der Waals surface area contributed by atoms with Crippen molar-refractivity contribution < 1.29 is 9.59 Å². The highest BCUT2D eigenvalue weighted by molar-refractivity contribution is 9.10. The summed E-state index contributed by atoms with van der Waals surface area (Å²) in [6, 6.07) is 7.68. The smallest absolute Gasteiger partial charge is 0.252 e. The molecule has 0 saturated heterocycles. The molecule has 1 saturated carbocycles. The molecule has 0 atom stereocenters. The molecule has 23 heavy (non-hydrogen) atoms.